The molecule has 1 aromatic carbocycles. The number of benzene rings is 1. The summed E-state index contributed by atoms with van der Waals surface area (Å²) in [5, 5.41) is 11.4. The van der Waals surface area contributed by atoms with Gasteiger partial charge >= 0.3 is 5.97 Å². The molecule has 2 saturated heterocycles. The van der Waals surface area contributed by atoms with E-state index in [2.05, 4.69) is 5.32 Å². The van der Waals surface area contributed by atoms with Crippen LogP contribution in [-0.4, -0.2) is 63.4 Å². The van der Waals surface area contributed by atoms with Crippen LogP contribution in [0.1, 0.15) is 13.8 Å². The monoisotopic (exact) mass is 380 g/mol. The van der Waals surface area contributed by atoms with Crippen molar-refractivity contribution in [2.45, 2.75) is 35.7 Å². The molecule has 2 heterocycles. The smallest absolute Gasteiger partial charge is 0.327 e. The van der Waals surface area contributed by atoms with Crippen LogP contribution in [0.15, 0.2) is 30.3 Å². The second kappa shape index (κ2) is 6.48. The van der Waals surface area contributed by atoms with Crippen molar-refractivity contribution >= 4 is 29.5 Å². The standard InChI is InChI=1S/C17H20N2O6S/c1-16(2)12(13(21)22)19-14(23)17(24-3,15(19)26-16)18-11(20)9-25-10-7-5-4-6-8-10/h4-8,12,15H,9H2,1-3H3,(H,18,20)(H,21,22)/t12-,15+,17-/m0/s1. The van der Waals surface area contributed by atoms with Gasteiger partial charge in [0.05, 0.1) is 0 Å². The molecule has 0 aromatic heterocycles. The molecule has 2 fully saturated rings. The highest BCUT2D eigenvalue weighted by molar-refractivity contribution is 8.01. The first-order chi connectivity index (χ1) is 12.2. The molecule has 2 amide bonds. The summed E-state index contributed by atoms with van der Waals surface area (Å²) in [6.07, 6.45) is 0. The average molecular weight is 380 g/mol. The number of nitrogens with one attached hydrogen (secondary N) is 1. The number of nitrogens with zero attached hydrogens (tertiary/aromatic N) is 1. The van der Waals surface area contributed by atoms with E-state index in [9.17, 15) is 19.5 Å². The summed E-state index contributed by atoms with van der Waals surface area (Å²) in [6, 6.07) is 7.82. The Morgan fingerprint density at radius 2 is 1.96 bits per heavy atom. The van der Waals surface area contributed by atoms with E-state index in [0.29, 0.717) is 5.75 Å². The van der Waals surface area contributed by atoms with Gasteiger partial charge in [-0.2, -0.15) is 0 Å². The molecule has 3 rings (SSSR count). The Labute approximate surface area is 154 Å². The number of rotatable bonds is 6. The maximum Gasteiger partial charge on any atom is 0.327 e. The maximum absolute atomic E-state index is 12.7. The van der Waals surface area contributed by atoms with E-state index in [1.165, 1.54) is 23.8 Å². The van der Waals surface area contributed by atoms with Crippen molar-refractivity contribution < 1.29 is 29.0 Å². The molecular weight excluding hydrogens is 360 g/mol. The normalized spacial score (nSPS) is 28.9. The summed E-state index contributed by atoms with van der Waals surface area (Å²) in [4.78, 5) is 37.8. The number of carboxylic acids is 1. The van der Waals surface area contributed by atoms with E-state index in [-0.39, 0.29) is 6.61 Å². The van der Waals surface area contributed by atoms with Crippen molar-refractivity contribution in [2.24, 2.45) is 0 Å². The van der Waals surface area contributed by atoms with Crippen LogP contribution in [-0.2, 0) is 19.1 Å². The molecule has 8 nitrogen and oxygen atoms in total. The van der Waals surface area contributed by atoms with Gasteiger partial charge in [0.15, 0.2) is 6.61 Å². The van der Waals surface area contributed by atoms with Gasteiger partial charge in [0.1, 0.15) is 17.2 Å². The Morgan fingerprint density at radius 3 is 2.54 bits per heavy atom. The number of amides is 2. The Bertz CT molecular complexity index is 740. The van der Waals surface area contributed by atoms with E-state index < -0.39 is 39.7 Å². The first-order valence-electron chi connectivity index (χ1n) is 8.00. The Hall–Kier alpha value is -2.26. The molecule has 2 aliphatic rings. The van der Waals surface area contributed by atoms with Gasteiger partial charge in [-0.15, -0.1) is 11.8 Å². The first-order valence-corrected chi connectivity index (χ1v) is 8.88. The summed E-state index contributed by atoms with van der Waals surface area (Å²) in [5.41, 5.74) is -1.58. The van der Waals surface area contributed by atoms with Crippen LogP contribution in [0.4, 0.5) is 0 Å². The number of ether oxygens (including phenoxy) is 2. The fraction of sp³-hybridized carbons (Fsp3) is 0.471. The fourth-order valence-corrected chi connectivity index (χ4v) is 4.96. The van der Waals surface area contributed by atoms with E-state index in [1.54, 1.807) is 38.1 Å². The van der Waals surface area contributed by atoms with Gasteiger partial charge in [0.2, 0.25) is 0 Å². The zero-order valence-electron chi connectivity index (χ0n) is 14.6. The predicted molar refractivity (Wildman–Crippen MR) is 93.5 cm³/mol. The molecule has 26 heavy (non-hydrogen) atoms. The summed E-state index contributed by atoms with van der Waals surface area (Å²) < 4.78 is 10.0. The van der Waals surface area contributed by atoms with Crippen molar-refractivity contribution in [3.8, 4) is 5.75 Å². The molecule has 0 aliphatic carbocycles. The average Bonchev–Trinajstić information content (AvgIpc) is 2.88. The molecule has 0 unspecified atom stereocenters. The summed E-state index contributed by atoms with van der Waals surface area (Å²) >= 11 is 1.29. The number of β-lactam (4-membered cyclic amide) rings is 1. The summed E-state index contributed by atoms with van der Waals surface area (Å²) in [6.45, 7) is 3.22. The lowest BCUT2D eigenvalue weighted by atomic mass is 9.93. The summed E-state index contributed by atoms with van der Waals surface area (Å²) in [5.74, 6) is -1.65. The Balaban J connectivity index is 1.71. The minimum absolute atomic E-state index is 0.286. The van der Waals surface area contributed by atoms with Crippen molar-refractivity contribution in [1.29, 1.82) is 0 Å². The van der Waals surface area contributed by atoms with Gasteiger partial charge in [0.25, 0.3) is 17.5 Å². The molecule has 0 saturated carbocycles. The molecule has 0 radical (unpaired) electrons. The SMILES string of the molecule is CO[C@@]1(NC(=O)COc2ccccc2)C(=O)N2[C@@H](C(=O)O)C(C)(C)S[C@@H]21. The highest BCUT2D eigenvalue weighted by atomic mass is 32.2. The van der Waals surface area contributed by atoms with Crippen molar-refractivity contribution in [3.05, 3.63) is 30.3 Å². The van der Waals surface area contributed by atoms with E-state index >= 15 is 0 Å². The van der Waals surface area contributed by atoms with E-state index in [1.807, 2.05) is 6.07 Å². The van der Waals surface area contributed by atoms with Crippen LogP contribution in [0, 0.1) is 0 Å². The molecule has 2 N–H and O–H groups in total. The zero-order valence-corrected chi connectivity index (χ0v) is 15.4. The van der Waals surface area contributed by atoms with Gasteiger partial charge in [-0.3, -0.25) is 9.59 Å². The van der Waals surface area contributed by atoms with Crippen LogP contribution in [0.3, 0.4) is 0 Å². The largest absolute Gasteiger partial charge is 0.484 e. The van der Waals surface area contributed by atoms with E-state index in [0.717, 1.165) is 0 Å². The number of thioether (sulfide) groups is 1. The Kier molecular flexibility index (Phi) is 4.61. The number of fused-ring (bicyclic) bond motifs is 1. The van der Waals surface area contributed by atoms with Crippen molar-refractivity contribution in [3.63, 3.8) is 0 Å². The van der Waals surface area contributed by atoms with Crippen molar-refractivity contribution in [2.75, 3.05) is 13.7 Å². The maximum atomic E-state index is 12.7. The third-order valence-corrected chi connectivity index (χ3v) is 6.11. The number of carboxylic acid groups (broad SMARTS) is 1. The third-order valence-electron chi connectivity index (χ3n) is 4.50. The van der Waals surface area contributed by atoms with Gasteiger partial charge < -0.3 is 24.8 Å². The fourth-order valence-electron chi connectivity index (χ4n) is 3.29. The highest BCUT2D eigenvalue weighted by Crippen LogP contribution is 2.55. The second-order valence-electron chi connectivity index (χ2n) is 6.62. The summed E-state index contributed by atoms with van der Waals surface area (Å²) in [7, 11) is 1.31. The highest BCUT2D eigenvalue weighted by Gasteiger charge is 2.73. The predicted octanol–water partition coefficient (Wildman–Crippen LogP) is 0.671. The molecular formula is C17H20N2O6S. The number of para-hydroxylation sites is 1. The number of aliphatic carboxylic acids is 1. The van der Waals surface area contributed by atoms with Crippen LogP contribution in [0.25, 0.3) is 0 Å². The number of hydrogen-bond donors (Lipinski definition) is 2. The number of carbonyl (C=O) groups is 3. The lowest BCUT2D eigenvalue weighted by molar-refractivity contribution is -0.201. The van der Waals surface area contributed by atoms with Gasteiger partial charge in [-0.1, -0.05) is 18.2 Å². The quantitative estimate of drug-likeness (QED) is 0.552. The van der Waals surface area contributed by atoms with Gasteiger partial charge in [-0.05, 0) is 26.0 Å². The number of methoxy groups -OCH3 is 1. The minimum atomic E-state index is -1.58. The lowest BCUT2D eigenvalue weighted by Crippen LogP contribution is -2.80. The molecule has 9 heteroatoms. The molecule has 0 spiro atoms. The lowest BCUT2D eigenvalue weighted by Gasteiger charge is -2.51. The van der Waals surface area contributed by atoms with Crippen LogP contribution < -0.4 is 10.1 Å². The second-order valence-corrected chi connectivity index (χ2v) is 8.35. The molecule has 2 aliphatic heterocycles. The van der Waals surface area contributed by atoms with Crippen LogP contribution in [0.2, 0.25) is 0 Å². The first kappa shape index (κ1) is 18.5. The van der Waals surface area contributed by atoms with Gasteiger partial charge in [0, 0.05) is 11.9 Å². The topological polar surface area (TPSA) is 105 Å². The molecule has 1 aromatic rings. The van der Waals surface area contributed by atoms with Crippen molar-refractivity contribution in [1.82, 2.24) is 10.2 Å². The number of carbonyl (C=O) groups excluding carboxylic acids is 2. The zero-order chi connectivity index (χ0) is 19.1. The Morgan fingerprint density at radius 1 is 1.31 bits per heavy atom. The third kappa shape index (κ3) is 2.80. The van der Waals surface area contributed by atoms with Gasteiger partial charge in [-0.25, -0.2) is 4.79 Å². The molecule has 140 valence electrons. The minimum Gasteiger partial charge on any atom is -0.484 e. The molecule has 3 atom stereocenters. The molecule has 0 bridgehead atoms. The van der Waals surface area contributed by atoms with Crippen LogP contribution >= 0.6 is 11.8 Å². The number of hydrogen-bond acceptors (Lipinski definition) is 6. The van der Waals surface area contributed by atoms with Crippen LogP contribution in [0.5, 0.6) is 5.75 Å². The van der Waals surface area contributed by atoms with E-state index in [4.69, 9.17) is 9.47 Å².